The van der Waals surface area contributed by atoms with Gasteiger partial charge in [-0.25, -0.2) is 0 Å². The van der Waals surface area contributed by atoms with Crippen LogP contribution in [0.3, 0.4) is 0 Å². The normalized spacial score (nSPS) is 17.5. The van der Waals surface area contributed by atoms with Crippen molar-refractivity contribution in [1.82, 2.24) is 0 Å². The highest BCUT2D eigenvalue weighted by Gasteiger charge is 2.41. The SMILES string of the molecule is CC(Cl)C(=O)c1ccc2c(c1)N(CC(=O)O)C(=O)C(C)(C)O2. The molecule has 1 aliphatic rings. The Bertz CT molecular complexity index is 653. The Morgan fingerprint density at radius 2 is 2.05 bits per heavy atom. The number of ketones is 1. The van der Waals surface area contributed by atoms with E-state index in [-0.39, 0.29) is 11.5 Å². The fourth-order valence-electron chi connectivity index (χ4n) is 2.24. The van der Waals surface area contributed by atoms with Crippen molar-refractivity contribution in [1.29, 1.82) is 0 Å². The van der Waals surface area contributed by atoms with E-state index in [1.54, 1.807) is 32.9 Å². The Balaban J connectivity index is 2.53. The third-order valence-electron chi connectivity index (χ3n) is 3.31. The van der Waals surface area contributed by atoms with Crippen molar-refractivity contribution in [3.63, 3.8) is 0 Å². The van der Waals surface area contributed by atoms with E-state index in [2.05, 4.69) is 0 Å². The van der Waals surface area contributed by atoms with Gasteiger partial charge in [-0.05, 0) is 39.0 Å². The highest BCUT2D eigenvalue weighted by atomic mass is 35.5. The molecule has 1 unspecified atom stereocenters. The van der Waals surface area contributed by atoms with E-state index in [1.807, 2.05) is 0 Å². The molecule has 0 aliphatic carbocycles. The molecule has 118 valence electrons. The fraction of sp³-hybridized carbons (Fsp3) is 0.400. The molecule has 0 fully saturated rings. The molecule has 0 saturated carbocycles. The lowest BCUT2D eigenvalue weighted by Crippen LogP contribution is -2.53. The van der Waals surface area contributed by atoms with Crippen molar-refractivity contribution in [2.45, 2.75) is 31.7 Å². The summed E-state index contributed by atoms with van der Waals surface area (Å²) < 4.78 is 5.61. The third-order valence-corrected chi connectivity index (χ3v) is 3.51. The average Bonchev–Trinajstić information content (AvgIpc) is 2.42. The number of hydrogen-bond donors (Lipinski definition) is 1. The van der Waals surface area contributed by atoms with Crippen molar-refractivity contribution in [3.8, 4) is 5.75 Å². The fourth-order valence-corrected chi connectivity index (χ4v) is 2.37. The zero-order chi connectivity index (χ0) is 16.7. The van der Waals surface area contributed by atoms with Crippen LogP contribution in [-0.4, -0.2) is 40.3 Å². The van der Waals surface area contributed by atoms with E-state index >= 15 is 0 Å². The number of carboxylic acid groups (broad SMARTS) is 1. The second kappa shape index (κ2) is 5.61. The van der Waals surface area contributed by atoms with Gasteiger partial charge in [0, 0.05) is 5.56 Å². The third kappa shape index (κ3) is 2.92. The van der Waals surface area contributed by atoms with E-state index in [4.69, 9.17) is 21.4 Å². The topological polar surface area (TPSA) is 83.9 Å². The highest BCUT2D eigenvalue weighted by molar-refractivity contribution is 6.33. The van der Waals surface area contributed by atoms with Crippen molar-refractivity contribution >= 4 is 34.9 Å². The van der Waals surface area contributed by atoms with Gasteiger partial charge in [0.15, 0.2) is 11.4 Å². The number of carbonyl (C=O) groups excluding carboxylic acids is 2. The maximum atomic E-state index is 12.4. The van der Waals surface area contributed by atoms with Crippen LogP contribution in [0.1, 0.15) is 31.1 Å². The summed E-state index contributed by atoms with van der Waals surface area (Å²) in [6, 6.07) is 4.53. The van der Waals surface area contributed by atoms with Crippen LogP contribution in [0, 0.1) is 0 Å². The monoisotopic (exact) mass is 325 g/mol. The van der Waals surface area contributed by atoms with Gasteiger partial charge in [-0.2, -0.15) is 0 Å². The van der Waals surface area contributed by atoms with Crippen molar-refractivity contribution in [2.24, 2.45) is 0 Å². The minimum atomic E-state index is -1.17. The number of carboxylic acids is 1. The van der Waals surface area contributed by atoms with E-state index in [1.165, 1.54) is 6.07 Å². The number of aliphatic carboxylic acids is 1. The summed E-state index contributed by atoms with van der Waals surface area (Å²) in [5.41, 5.74) is -0.615. The minimum Gasteiger partial charge on any atom is -0.480 e. The zero-order valence-electron chi connectivity index (χ0n) is 12.4. The number of rotatable bonds is 4. The Hall–Kier alpha value is -2.08. The molecule has 0 bridgehead atoms. The van der Waals surface area contributed by atoms with Crippen LogP contribution in [-0.2, 0) is 9.59 Å². The molecule has 0 saturated heterocycles. The molecule has 0 radical (unpaired) electrons. The van der Waals surface area contributed by atoms with Crippen LogP contribution in [0.25, 0.3) is 0 Å². The van der Waals surface area contributed by atoms with E-state index in [9.17, 15) is 14.4 Å². The first-order valence-corrected chi connectivity index (χ1v) is 7.12. The van der Waals surface area contributed by atoms with E-state index in [0.29, 0.717) is 11.3 Å². The first kappa shape index (κ1) is 16.3. The van der Waals surface area contributed by atoms with Gasteiger partial charge in [0.25, 0.3) is 5.91 Å². The van der Waals surface area contributed by atoms with E-state index in [0.717, 1.165) is 4.90 Å². The van der Waals surface area contributed by atoms with Gasteiger partial charge in [0.1, 0.15) is 12.3 Å². The van der Waals surface area contributed by atoms with Crippen LogP contribution in [0.2, 0.25) is 0 Å². The average molecular weight is 326 g/mol. The molecule has 1 aliphatic heterocycles. The number of Topliss-reactive ketones (excluding diaryl/α,β-unsaturated/α-hetero) is 1. The first-order valence-electron chi connectivity index (χ1n) is 6.68. The van der Waals surface area contributed by atoms with Gasteiger partial charge in [0.2, 0.25) is 0 Å². The molecule has 1 amide bonds. The molecule has 6 nitrogen and oxygen atoms in total. The molecular weight excluding hydrogens is 310 g/mol. The maximum Gasteiger partial charge on any atom is 0.323 e. The van der Waals surface area contributed by atoms with Gasteiger partial charge in [0.05, 0.1) is 11.1 Å². The minimum absolute atomic E-state index is 0.259. The number of halogens is 1. The molecule has 1 N–H and O–H groups in total. The maximum absolute atomic E-state index is 12.4. The van der Waals surface area contributed by atoms with Crippen LogP contribution < -0.4 is 9.64 Å². The number of anilines is 1. The summed E-state index contributed by atoms with van der Waals surface area (Å²) in [4.78, 5) is 36.5. The standard InChI is InChI=1S/C15H16ClNO5/c1-8(16)13(20)9-4-5-11-10(6-9)17(7-12(18)19)14(21)15(2,3)22-11/h4-6,8H,7H2,1-3H3,(H,18,19). The molecule has 1 aromatic carbocycles. The number of amides is 1. The summed E-state index contributed by atoms with van der Waals surface area (Å²) in [6.45, 7) is 4.16. The quantitative estimate of drug-likeness (QED) is 0.677. The van der Waals surface area contributed by atoms with Crippen molar-refractivity contribution in [2.75, 3.05) is 11.4 Å². The Kier molecular flexibility index (Phi) is 4.15. The Morgan fingerprint density at radius 3 is 2.59 bits per heavy atom. The lowest BCUT2D eigenvalue weighted by molar-refractivity contribution is -0.139. The second-order valence-electron chi connectivity index (χ2n) is 5.56. The molecule has 1 atom stereocenters. The van der Waals surface area contributed by atoms with E-state index < -0.39 is 29.4 Å². The summed E-state index contributed by atoms with van der Waals surface area (Å²) in [5, 5.41) is 8.30. The summed E-state index contributed by atoms with van der Waals surface area (Å²) in [5.74, 6) is -1.59. The predicted molar refractivity (Wildman–Crippen MR) is 80.8 cm³/mol. The van der Waals surface area contributed by atoms with Gasteiger partial charge >= 0.3 is 5.97 Å². The van der Waals surface area contributed by atoms with Gasteiger partial charge in [-0.3, -0.25) is 19.3 Å². The number of carbonyl (C=O) groups is 3. The lowest BCUT2D eigenvalue weighted by Gasteiger charge is -2.38. The van der Waals surface area contributed by atoms with Gasteiger partial charge < -0.3 is 9.84 Å². The number of hydrogen-bond acceptors (Lipinski definition) is 4. The van der Waals surface area contributed by atoms with Gasteiger partial charge in [-0.15, -0.1) is 11.6 Å². The number of alkyl halides is 1. The van der Waals surface area contributed by atoms with Crippen molar-refractivity contribution < 1.29 is 24.2 Å². The number of benzene rings is 1. The van der Waals surface area contributed by atoms with Crippen LogP contribution in [0.4, 0.5) is 5.69 Å². The largest absolute Gasteiger partial charge is 0.480 e. The molecule has 0 spiro atoms. The number of ether oxygens (including phenoxy) is 1. The smallest absolute Gasteiger partial charge is 0.323 e. The van der Waals surface area contributed by atoms with Crippen LogP contribution in [0.15, 0.2) is 18.2 Å². The number of fused-ring (bicyclic) bond motifs is 1. The molecule has 1 aromatic rings. The van der Waals surface area contributed by atoms with Crippen LogP contribution in [0.5, 0.6) is 5.75 Å². The summed E-state index contributed by atoms with van der Waals surface area (Å²) in [6.07, 6.45) is 0. The lowest BCUT2D eigenvalue weighted by atomic mass is 10.0. The highest BCUT2D eigenvalue weighted by Crippen LogP contribution is 2.38. The summed E-state index contributed by atoms with van der Waals surface area (Å²) in [7, 11) is 0. The molecule has 7 heteroatoms. The van der Waals surface area contributed by atoms with Crippen LogP contribution >= 0.6 is 11.6 Å². The predicted octanol–water partition coefficient (Wildman–Crippen LogP) is 2.09. The Morgan fingerprint density at radius 1 is 1.41 bits per heavy atom. The van der Waals surface area contributed by atoms with Crippen molar-refractivity contribution in [3.05, 3.63) is 23.8 Å². The molecular formula is C15H16ClNO5. The zero-order valence-corrected chi connectivity index (χ0v) is 13.2. The molecule has 2 rings (SSSR count). The first-order chi connectivity index (χ1) is 10.1. The molecule has 1 heterocycles. The Labute approximate surface area is 132 Å². The van der Waals surface area contributed by atoms with Gasteiger partial charge in [-0.1, -0.05) is 0 Å². The molecule has 0 aromatic heterocycles. The molecule has 22 heavy (non-hydrogen) atoms. The number of nitrogens with zero attached hydrogens (tertiary/aromatic N) is 1. The second-order valence-corrected chi connectivity index (χ2v) is 6.21. The summed E-state index contributed by atoms with van der Waals surface area (Å²) >= 11 is 5.79.